The highest BCUT2D eigenvalue weighted by molar-refractivity contribution is 7.99. The second kappa shape index (κ2) is 10.5. The Morgan fingerprint density at radius 2 is 1.77 bits per heavy atom. The molecular weight excluding hydrogens is 406 g/mol. The van der Waals surface area contributed by atoms with Gasteiger partial charge in [0.15, 0.2) is 11.0 Å². The van der Waals surface area contributed by atoms with Crippen LogP contribution in [0.15, 0.2) is 59.8 Å². The van der Waals surface area contributed by atoms with Gasteiger partial charge in [0.25, 0.3) is 0 Å². The zero-order valence-electron chi connectivity index (χ0n) is 17.8. The number of para-hydroxylation sites is 1. The van der Waals surface area contributed by atoms with E-state index in [4.69, 9.17) is 10.00 Å². The Morgan fingerprint density at radius 1 is 1.03 bits per heavy atom. The maximum Gasteiger partial charge on any atom is 0.196 e. The largest absolute Gasteiger partial charge is 0.493 e. The first-order chi connectivity index (χ1) is 15.3. The van der Waals surface area contributed by atoms with Crippen LogP contribution in [0.3, 0.4) is 0 Å². The molecule has 1 aliphatic heterocycles. The molecule has 0 spiro atoms. The summed E-state index contributed by atoms with van der Waals surface area (Å²) in [6.07, 6.45) is 3.81. The smallest absolute Gasteiger partial charge is 0.196 e. The summed E-state index contributed by atoms with van der Waals surface area (Å²) >= 11 is 1.65. The molecule has 1 fully saturated rings. The van der Waals surface area contributed by atoms with Crippen LogP contribution in [0.5, 0.6) is 5.75 Å². The van der Waals surface area contributed by atoms with Crippen LogP contribution in [0.4, 0.5) is 0 Å². The van der Waals surface area contributed by atoms with Crippen molar-refractivity contribution in [2.45, 2.75) is 37.4 Å². The van der Waals surface area contributed by atoms with E-state index in [1.54, 1.807) is 23.9 Å². The zero-order chi connectivity index (χ0) is 21.5. The first-order valence-electron chi connectivity index (χ1n) is 10.8. The molecule has 0 unspecified atom stereocenters. The Kier molecular flexibility index (Phi) is 7.23. The number of aromatic nitrogens is 3. The lowest BCUT2D eigenvalue weighted by atomic mass is 10.1. The summed E-state index contributed by atoms with van der Waals surface area (Å²) in [5.41, 5.74) is 1.72. The van der Waals surface area contributed by atoms with E-state index in [0.29, 0.717) is 12.2 Å². The van der Waals surface area contributed by atoms with Gasteiger partial charge in [0.1, 0.15) is 5.75 Å². The molecule has 6 nitrogen and oxygen atoms in total. The van der Waals surface area contributed by atoms with Gasteiger partial charge in [0, 0.05) is 11.4 Å². The monoisotopic (exact) mass is 433 g/mol. The van der Waals surface area contributed by atoms with Crippen molar-refractivity contribution in [3.8, 4) is 17.5 Å². The predicted molar refractivity (Wildman–Crippen MR) is 123 cm³/mol. The minimum atomic E-state index is 0.220. The summed E-state index contributed by atoms with van der Waals surface area (Å²) in [6, 6.07) is 19.9. The molecule has 0 saturated carbocycles. The number of nitrogens with zero attached hydrogens (tertiary/aromatic N) is 5. The summed E-state index contributed by atoms with van der Waals surface area (Å²) in [4.78, 5) is 2.51. The molecule has 1 atom stereocenters. The number of hydrogen-bond donors (Lipinski definition) is 0. The van der Waals surface area contributed by atoms with E-state index in [0.717, 1.165) is 41.3 Å². The number of hydrogen-bond acceptors (Lipinski definition) is 6. The molecule has 1 saturated heterocycles. The molecule has 4 rings (SSSR count). The number of benzene rings is 2. The molecule has 7 heteroatoms. The van der Waals surface area contributed by atoms with Gasteiger partial charge in [0.05, 0.1) is 24.3 Å². The quantitative estimate of drug-likeness (QED) is 0.373. The van der Waals surface area contributed by atoms with Gasteiger partial charge in [-0.25, -0.2) is 0 Å². The van der Waals surface area contributed by atoms with Crippen molar-refractivity contribution in [1.29, 1.82) is 5.26 Å². The fraction of sp³-hybridized carbons (Fsp3) is 0.375. The Hall–Kier alpha value is -2.82. The highest BCUT2D eigenvalue weighted by atomic mass is 32.2. The molecule has 2 aromatic carbocycles. The van der Waals surface area contributed by atoms with Crippen molar-refractivity contribution in [3.63, 3.8) is 0 Å². The number of thioether (sulfide) groups is 1. The van der Waals surface area contributed by atoms with Crippen LogP contribution in [0.25, 0.3) is 5.69 Å². The third kappa shape index (κ3) is 5.27. The lowest BCUT2D eigenvalue weighted by molar-refractivity contribution is 0.167. The summed E-state index contributed by atoms with van der Waals surface area (Å²) in [7, 11) is 0. The third-order valence-corrected chi connectivity index (χ3v) is 6.44. The molecule has 1 aliphatic rings. The highest BCUT2D eigenvalue weighted by Gasteiger charge is 2.25. The summed E-state index contributed by atoms with van der Waals surface area (Å²) < 4.78 is 8.01. The van der Waals surface area contributed by atoms with E-state index >= 15 is 0 Å². The van der Waals surface area contributed by atoms with Crippen LogP contribution >= 0.6 is 11.8 Å². The number of ether oxygens (including phenoxy) is 1. The SMILES string of the molecule is C[C@@H](c1nnc(SCCOc2ccc(C#N)cc2)n1-c1ccccc1)N1CCCCC1. The van der Waals surface area contributed by atoms with Gasteiger partial charge in [-0.1, -0.05) is 36.4 Å². The van der Waals surface area contributed by atoms with E-state index < -0.39 is 0 Å². The summed E-state index contributed by atoms with van der Waals surface area (Å²) in [5, 5.41) is 18.9. The van der Waals surface area contributed by atoms with E-state index in [2.05, 4.69) is 44.8 Å². The first-order valence-corrected chi connectivity index (χ1v) is 11.8. The molecule has 0 radical (unpaired) electrons. The Bertz CT molecular complexity index is 1010. The van der Waals surface area contributed by atoms with Gasteiger partial charge < -0.3 is 4.74 Å². The van der Waals surface area contributed by atoms with E-state index in [-0.39, 0.29) is 6.04 Å². The molecule has 160 valence electrons. The normalized spacial score (nSPS) is 15.4. The van der Waals surface area contributed by atoms with E-state index in [1.165, 1.54) is 19.3 Å². The van der Waals surface area contributed by atoms with E-state index in [1.807, 2.05) is 30.3 Å². The lowest BCUT2D eigenvalue weighted by Gasteiger charge is -2.31. The molecule has 0 bridgehead atoms. The average Bonchev–Trinajstić information content (AvgIpc) is 3.26. The standard InChI is InChI=1S/C24H27N5OS/c1-19(28-14-6-3-7-15-28)23-26-27-24(29(23)21-8-4-2-5-9-21)31-17-16-30-22-12-10-20(18-25)11-13-22/h2,4-5,8-13,19H,3,6-7,14-17H2,1H3/t19-/m0/s1. The molecule has 31 heavy (non-hydrogen) atoms. The number of nitriles is 1. The topological polar surface area (TPSA) is 67.0 Å². The number of piperidine rings is 1. The molecule has 0 aliphatic carbocycles. The third-order valence-electron chi connectivity index (χ3n) is 5.55. The molecular formula is C24H27N5OS. The van der Waals surface area contributed by atoms with Crippen molar-refractivity contribution in [2.75, 3.05) is 25.4 Å². The predicted octanol–water partition coefficient (Wildman–Crippen LogP) is 4.86. The minimum absolute atomic E-state index is 0.220. The van der Waals surface area contributed by atoms with Crippen LogP contribution in [0.1, 0.15) is 43.6 Å². The molecule has 0 N–H and O–H groups in total. The van der Waals surface area contributed by atoms with Crippen molar-refractivity contribution in [2.24, 2.45) is 0 Å². The van der Waals surface area contributed by atoms with Gasteiger partial charge in [-0.15, -0.1) is 10.2 Å². The van der Waals surface area contributed by atoms with Crippen LogP contribution in [0.2, 0.25) is 0 Å². The summed E-state index contributed by atoms with van der Waals surface area (Å²) in [5.74, 6) is 2.51. The van der Waals surface area contributed by atoms with Gasteiger partial charge in [0.2, 0.25) is 0 Å². The van der Waals surface area contributed by atoms with E-state index in [9.17, 15) is 0 Å². The average molecular weight is 434 g/mol. The molecule has 2 heterocycles. The van der Waals surface area contributed by atoms with Gasteiger partial charge in [-0.3, -0.25) is 9.47 Å². The van der Waals surface area contributed by atoms with Crippen LogP contribution in [0, 0.1) is 11.3 Å². The van der Waals surface area contributed by atoms with Crippen LogP contribution in [-0.2, 0) is 0 Å². The van der Waals surface area contributed by atoms with Gasteiger partial charge in [-0.05, 0) is 69.3 Å². The Morgan fingerprint density at radius 3 is 2.48 bits per heavy atom. The van der Waals surface area contributed by atoms with Gasteiger partial charge >= 0.3 is 0 Å². The maximum absolute atomic E-state index is 8.90. The van der Waals surface area contributed by atoms with Crippen molar-refractivity contribution >= 4 is 11.8 Å². The Balaban J connectivity index is 1.46. The lowest BCUT2D eigenvalue weighted by Crippen LogP contribution is -2.33. The van der Waals surface area contributed by atoms with Crippen LogP contribution in [-0.4, -0.2) is 45.1 Å². The van der Waals surface area contributed by atoms with Crippen molar-refractivity contribution in [1.82, 2.24) is 19.7 Å². The molecule has 3 aromatic rings. The second-order valence-electron chi connectivity index (χ2n) is 7.62. The number of rotatable bonds is 8. The minimum Gasteiger partial charge on any atom is -0.493 e. The molecule has 0 amide bonds. The fourth-order valence-electron chi connectivity index (χ4n) is 3.85. The Labute approximate surface area is 187 Å². The van der Waals surface area contributed by atoms with Crippen molar-refractivity contribution < 1.29 is 4.74 Å². The highest BCUT2D eigenvalue weighted by Crippen LogP contribution is 2.29. The number of likely N-dealkylation sites (tertiary alicyclic amines) is 1. The maximum atomic E-state index is 8.90. The van der Waals surface area contributed by atoms with Gasteiger partial charge in [-0.2, -0.15) is 5.26 Å². The summed E-state index contributed by atoms with van der Waals surface area (Å²) in [6.45, 7) is 5.01. The molecule has 1 aromatic heterocycles. The zero-order valence-corrected chi connectivity index (χ0v) is 18.6. The fourth-order valence-corrected chi connectivity index (χ4v) is 4.63. The van der Waals surface area contributed by atoms with Crippen LogP contribution < -0.4 is 4.74 Å². The first kappa shape index (κ1) is 21.4. The second-order valence-corrected chi connectivity index (χ2v) is 8.68. The van der Waals surface area contributed by atoms with Crippen molar-refractivity contribution in [3.05, 3.63) is 66.0 Å².